The second-order valence-electron chi connectivity index (χ2n) is 4.68. The van der Waals surface area contributed by atoms with E-state index in [2.05, 4.69) is 11.1 Å². The molecular formula is C14H17N5O. The summed E-state index contributed by atoms with van der Waals surface area (Å²) in [5.41, 5.74) is 7.82. The first-order valence-electron chi connectivity index (χ1n) is 6.42. The van der Waals surface area contributed by atoms with E-state index in [4.69, 9.17) is 11.0 Å². The lowest BCUT2D eigenvalue weighted by Crippen LogP contribution is -2.33. The zero-order valence-electron chi connectivity index (χ0n) is 11.8. The maximum absolute atomic E-state index is 12.3. The summed E-state index contributed by atoms with van der Waals surface area (Å²) >= 11 is 0. The summed E-state index contributed by atoms with van der Waals surface area (Å²) in [5, 5.41) is 8.98. The molecule has 0 spiro atoms. The number of benzene rings is 1. The van der Waals surface area contributed by atoms with Gasteiger partial charge in [-0.3, -0.25) is 9.36 Å². The number of nitrogens with two attached hydrogens (primary N) is 1. The molecule has 6 heteroatoms. The second-order valence-corrected chi connectivity index (χ2v) is 4.68. The molecule has 0 aliphatic rings. The van der Waals surface area contributed by atoms with Crippen molar-refractivity contribution in [2.45, 2.75) is 19.9 Å². The van der Waals surface area contributed by atoms with Gasteiger partial charge in [-0.25, -0.2) is 4.98 Å². The Morgan fingerprint density at radius 1 is 1.60 bits per heavy atom. The van der Waals surface area contributed by atoms with Crippen molar-refractivity contribution in [3.8, 4) is 6.07 Å². The minimum Gasteiger partial charge on any atom is -0.369 e. The van der Waals surface area contributed by atoms with E-state index in [9.17, 15) is 4.79 Å². The first-order chi connectivity index (χ1) is 9.49. The third-order valence-corrected chi connectivity index (χ3v) is 3.44. The Labute approximate surface area is 117 Å². The molecule has 0 aliphatic carbocycles. The number of anilines is 1. The molecule has 1 heterocycles. The number of carbonyl (C=O) groups excluding carboxylic acids is 1. The van der Waals surface area contributed by atoms with E-state index in [1.807, 2.05) is 6.92 Å². The molecule has 1 unspecified atom stereocenters. The quantitative estimate of drug-likeness (QED) is 0.916. The van der Waals surface area contributed by atoms with Gasteiger partial charge in [-0.2, -0.15) is 5.26 Å². The molecule has 6 nitrogen and oxygen atoms in total. The number of hydrogen-bond donors (Lipinski definition) is 1. The molecule has 1 atom stereocenters. The van der Waals surface area contributed by atoms with Crippen LogP contribution in [0.25, 0.3) is 11.0 Å². The number of imidazole rings is 1. The van der Waals surface area contributed by atoms with Crippen LogP contribution in [0.1, 0.15) is 25.5 Å². The minimum atomic E-state index is -0.459. The maximum atomic E-state index is 12.3. The number of aromatic nitrogens is 2. The molecule has 0 aliphatic heterocycles. The summed E-state index contributed by atoms with van der Waals surface area (Å²) in [6.45, 7) is 4.32. The largest absolute Gasteiger partial charge is 0.369 e. The van der Waals surface area contributed by atoms with E-state index in [0.717, 1.165) is 0 Å². The highest BCUT2D eigenvalue weighted by atomic mass is 16.2. The Kier molecular flexibility index (Phi) is 3.61. The third-order valence-electron chi connectivity index (χ3n) is 3.44. The van der Waals surface area contributed by atoms with Crippen LogP contribution in [0.4, 0.5) is 5.95 Å². The predicted octanol–water partition coefficient (Wildman–Crippen LogP) is 1.53. The highest BCUT2D eigenvalue weighted by molar-refractivity contribution is 5.86. The fraction of sp³-hybridized carbons (Fsp3) is 0.357. The van der Waals surface area contributed by atoms with Crippen LogP contribution in [0, 0.1) is 11.3 Å². The van der Waals surface area contributed by atoms with Crippen LogP contribution in [0.3, 0.4) is 0 Å². The van der Waals surface area contributed by atoms with Crippen LogP contribution < -0.4 is 5.73 Å². The van der Waals surface area contributed by atoms with Crippen molar-refractivity contribution in [2.75, 3.05) is 19.3 Å². The lowest BCUT2D eigenvalue weighted by Gasteiger charge is -2.21. The SMILES string of the molecule is CCN(C)C(=O)C(C)n1c(N)nc2ccc(C#N)cc21. The Hall–Kier alpha value is -2.55. The zero-order chi connectivity index (χ0) is 14.9. The van der Waals surface area contributed by atoms with Gasteiger partial charge in [-0.05, 0) is 32.0 Å². The molecular weight excluding hydrogens is 254 g/mol. The van der Waals surface area contributed by atoms with Crippen LogP contribution >= 0.6 is 0 Å². The summed E-state index contributed by atoms with van der Waals surface area (Å²) in [6, 6.07) is 6.75. The minimum absolute atomic E-state index is 0.0409. The Morgan fingerprint density at radius 2 is 2.30 bits per heavy atom. The molecule has 0 saturated heterocycles. The first-order valence-corrected chi connectivity index (χ1v) is 6.42. The van der Waals surface area contributed by atoms with E-state index in [-0.39, 0.29) is 11.9 Å². The smallest absolute Gasteiger partial charge is 0.245 e. The van der Waals surface area contributed by atoms with Crippen LogP contribution in [-0.4, -0.2) is 34.0 Å². The van der Waals surface area contributed by atoms with Gasteiger partial charge in [0.15, 0.2) is 0 Å². The van der Waals surface area contributed by atoms with Crippen LogP contribution in [0.2, 0.25) is 0 Å². The number of nitrogen functional groups attached to an aromatic ring is 1. The molecule has 1 aromatic carbocycles. The molecule has 1 amide bonds. The van der Waals surface area contributed by atoms with E-state index in [1.165, 1.54) is 0 Å². The lowest BCUT2D eigenvalue weighted by molar-refractivity contribution is -0.132. The highest BCUT2D eigenvalue weighted by Gasteiger charge is 2.22. The van der Waals surface area contributed by atoms with Crippen molar-refractivity contribution in [1.82, 2.24) is 14.5 Å². The van der Waals surface area contributed by atoms with Crippen LogP contribution in [0.15, 0.2) is 18.2 Å². The summed E-state index contributed by atoms with van der Waals surface area (Å²) in [6.07, 6.45) is 0. The number of likely N-dealkylation sites (N-methyl/N-ethyl adjacent to an activating group) is 1. The van der Waals surface area contributed by atoms with Crippen molar-refractivity contribution >= 4 is 22.9 Å². The van der Waals surface area contributed by atoms with Gasteiger partial charge in [0.2, 0.25) is 11.9 Å². The van der Waals surface area contributed by atoms with Crippen molar-refractivity contribution in [3.63, 3.8) is 0 Å². The Bertz CT molecular complexity index is 697. The van der Waals surface area contributed by atoms with E-state index < -0.39 is 6.04 Å². The average molecular weight is 271 g/mol. The van der Waals surface area contributed by atoms with Gasteiger partial charge in [-0.15, -0.1) is 0 Å². The maximum Gasteiger partial charge on any atom is 0.245 e. The van der Waals surface area contributed by atoms with E-state index in [0.29, 0.717) is 23.1 Å². The number of nitriles is 1. The van der Waals surface area contributed by atoms with Gasteiger partial charge in [0, 0.05) is 13.6 Å². The summed E-state index contributed by atoms with van der Waals surface area (Å²) in [4.78, 5) is 18.1. The van der Waals surface area contributed by atoms with Gasteiger partial charge in [0.1, 0.15) is 6.04 Å². The fourth-order valence-electron chi connectivity index (χ4n) is 2.17. The van der Waals surface area contributed by atoms with Crippen LogP contribution in [0.5, 0.6) is 0 Å². The average Bonchev–Trinajstić information content (AvgIpc) is 2.79. The van der Waals surface area contributed by atoms with E-state index >= 15 is 0 Å². The molecule has 0 radical (unpaired) electrons. The summed E-state index contributed by atoms with van der Waals surface area (Å²) in [7, 11) is 1.74. The number of carbonyl (C=O) groups is 1. The molecule has 2 N–H and O–H groups in total. The number of nitrogens with zero attached hydrogens (tertiary/aromatic N) is 4. The molecule has 0 saturated carbocycles. The van der Waals surface area contributed by atoms with E-state index in [1.54, 1.807) is 41.6 Å². The fourth-order valence-corrected chi connectivity index (χ4v) is 2.17. The van der Waals surface area contributed by atoms with Gasteiger partial charge in [0.05, 0.1) is 22.7 Å². The molecule has 0 fully saturated rings. The first kappa shape index (κ1) is 13.9. The van der Waals surface area contributed by atoms with Gasteiger partial charge >= 0.3 is 0 Å². The molecule has 2 rings (SSSR count). The normalized spacial score (nSPS) is 12.1. The summed E-state index contributed by atoms with van der Waals surface area (Å²) in [5.74, 6) is 0.237. The molecule has 1 aromatic heterocycles. The number of rotatable bonds is 3. The second kappa shape index (κ2) is 5.21. The van der Waals surface area contributed by atoms with Crippen molar-refractivity contribution in [1.29, 1.82) is 5.26 Å². The molecule has 0 bridgehead atoms. The van der Waals surface area contributed by atoms with Crippen molar-refractivity contribution in [3.05, 3.63) is 23.8 Å². The molecule has 2 aromatic rings. The number of fused-ring (bicyclic) bond motifs is 1. The van der Waals surface area contributed by atoms with Gasteiger partial charge in [0.25, 0.3) is 0 Å². The van der Waals surface area contributed by atoms with Crippen molar-refractivity contribution in [2.24, 2.45) is 0 Å². The predicted molar refractivity (Wildman–Crippen MR) is 76.9 cm³/mol. The Morgan fingerprint density at radius 3 is 2.90 bits per heavy atom. The monoisotopic (exact) mass is 271 g/mol. The molecule has 104 valence electrons. The topological polar surface area (TPSA) is 87.9 Å². The zero-order valence-corrected chi connectivity index (χ0v) is 11.8. The van der Waals surface area contributed by atoms with Crippen LogP contribution in [-0.2, 0) is 4.79 Å². The Balaban J connectivity index is 2.56. The number of amides is 1. The van der Waals surface area contributed by atoms with Gasteiger partial charge < -0.3 is 10.6 Å². The highest BCUT2D eigenvalue weighted by Crippen LogP contribution is 2.24. The van der Waals surface area contributed by atoms with Gasteiger partial charge in [-0.1, -0.05) is 0 Å². The third kappa shape index (κ3) is 2.18. The number of hydrogen-bond acceptors (Lipinski definition) is 4. The molecule has 20 heavy (non-hydrogen) atoms. The van der Waals surface area contributed by atoms with Crippen molar-refractivity contribution < 1.29 is 4.79 Å². The lowest BCUT2D eigenvalue weighted by atomic mass is 10.2. The summed E-state index contributed by atoms with van der Waals surface area (Å²) < 4.78 is 1.67. The standard InChI is InChI=1S/C14H17N5O/c1-4-18(3)13(20)9(2)19-12-7-10(8-15)5-6-11(12)17-14(19)16/h5-7,9H,4H2,1-3H3,(H2,16,17).